The number of aliphatic hydroxyl groups excluding tert-OH is 4. The second kappa shape index (κ2) is 26.5. The summed E-state index contributed by atoms with van der Waals surface area (Å²) in [7, 11) is 0. The van der Waals surface area contributed by atoms with Gasteiger partial charge >= 0.3 is 11.9 Å². The van der Waals surface area contributed by atoms with E-state index in [4.69, 9.17) is 29.2 Å². The summed E-state index contributed by atoms with van der Waals surface area (Å²) < 4.78 is 26.4. The van der Waals surface area contributed by atoms with Crippen LogP contribution in [0.25, 0.3) is 44.3 Å². The fraction of sp³-hybridized carbons (Fsp3) is 0.475. The van der Waals surface area contributed by atoms with Gasteiger partial charge in [0, 0.05) is 55.4 Å². The lowest BCUT2D eigenvalue weighted by Crippen LogP contribution is -2.86. The first-order chi connectivity index (χ1) is 41.3. The first-order valence-electron chi connectivity index (χ1n) is 28.8. The van der Waals surface area contributed by atoms with Gasteiger partial charge in [-0.05, 0) is 106 Å². The van der Waals surface area contributed by atoms with Crippen molar-refractivity contribution in [1.82, 2.24) is 25.7 Å². The highest BCUT2D eigenvalue weighted by Crippen LogP contribution is 2.50. The minimum Gasteiger partial charge on any atom is -0.508 e. The molecule has 3 aromatic heterocycles. The summed E-state index contributed by atoms with van der Waals surface area (Å²) in [6.07, 6.45) is 2.70. The number of aromatic amines is 1. The number of carbonyl (C=O) groups is 4. The molecule has 462 valence electrons. The third-order valence-electron chi connectivity index (χ3n) is 17.0. The maximum Gasteiger partial charge on any atom is 0.337 e. The lowest BCUT2D eigenvalue weighted by molar-refractivity contribution is -0.400. The lowest BCUT2D eigenvalue weighted by atomic mass is 9.66. The number of phenols is 1. The van der Waals surface area contributed by atoms with Crippen LogP contribution in [0.1, 0.15) is 81.8 Å². The van der Waals surface area contributed by atoms with E-state index in [0.29, 0.717) is 40.3 Å². The number of carbonyl (C=O) groups excluding carboxylic acids is 3. The fourth-order valence-electron chi connectivity index (χ4n) is 12.8. The van der Waals surface area contributed by atoms with Crippen molar-refractivity contribution in [3.8, 4) is 33.9 Å². The highest BCUT2D eigenvalue weighted by molar-refractivity contribution is 5.98. The Kier molecular flexibility index (Phi) is 19.3. The second-order valence-electron chi connectivity index (χ2n) is 22.8. The Labute approximate surface area is 493 Å². The Morgan fingerprint density at radius 1 is 0.977 bits per heavy atom. The molecule has 1 saturated heterocycles. The highest BCUT2D eigenvalue weighted by atomic mass is 16.8. The Bertz CT molecular complexity index is 3450. The molecule has 2 saturated carbocycles. The molecule has 3 aliphatic rings. The SMILES string of the molecule is Cc1cc(C)cc(-c2c3[nH]ccc3cn2O[C@@H]2[C@@H](Oc3ccc4c(=O)c(-c5ccc(O)cc5)coc4c3)O[C@@H]([C@](CO)(NC(N)=N[C@H](C=O)CN[C@H]3CCCCC34CCCC4)OC(=O)[C@H](NCCC=O)C(=O)O)[C@@](O)(CO)[C@]2(O)[C@H](O)CCCO)c1. The van der Waals surface area contributed by atoms with Crippen molar-refractivity contribution < 1.29 is 83.5 Å². The van der Waals surface area contributed by atoms with Crippen LogP contribution in [0.15, 0.2) is 99.6 Å². The number of rotatable bonds is 26. The average Bonchev–Trinajstić information content (AvgIpc) is 0.754. The number of aromatic hydroxyl groups is 1. The van der Waals surface area contributed by atoms with Crippen molar-refractivity contribution in [3.05, 3.63) is 107 Å². The average molecular weight is 1190 g/mol. The zero-order valence-corrected chi connectivity index (χ0v) is 47.7. The van der Waals surface area contributed by atoms with E-state index in [2.05, 4.69) is 25.9 Å². The molecule has 0 radical (unpaired) electrons. The van der Waals surface area contributed by atoms with Crippen LogP contribution in [0.4, 0.5) is 0 Å². The quantitative estimate of drug-likeness (QED) is 0.00705. The number of aromatic nitrogens is 2. The number of nitrogens with zero attached hydrogens (tertiary/aromatic N) is 2. The minimum absolute atomic E-state index is 0.0288. The van der Waals surface area contributed by atoms with Gasteiger partial charge in [0.2, 0.25) is 24.2 Å². The number of esters is 1. The van der Waals surface area contributed by atoms with Crippen molar-refractivity contribution in [2.45, 2.75) is 144 Å². The number of aryl methyl sites for hydroxylation is 2. The van der Waals surface area contributed by atoms with E-state index in [9.17, 15) is 64.8 Å². The zero-order chi connectivity index (χ0) is 61.6. The number of aliphatic imine (C=N–C) groups is 1. The molecule has 6 aromatic rings. The van der Waals surface area contributed by atoms with Crippen LogP contribution >= 0.6 is 0 Å². The number of nitrogens with two attached hydrogens (primary N) is 1. The Hall–Kier alpha value is -7.72. The monoisotopic (exact) mass is 1190 g/mol. The molecule has 3 fully saturated rings. The normalized spacial score (nSPS) is 24.0. The van der Waals surface area contributed by atoms with Crippen LogP contribution in [0.5, 0.6) is 11.5 Å². The first-order valence-corrected chi connectivity index (χ1v) is 28.8. The fourth-order valence-corrected chi connectivity index (χ4v) is 12.8. The number of aldehydes is 2. The predicted molar refractivity (Wildman–Crippen MR) is 312 cm³/mol. The summed E-state index contributed by atoms with van der Waals surface area (Å²) >= 11 is 0. The maximum absolute atomic E-state index is 14.5. The number of carboxylic acid groups (broad SMARTS) is 1. The number of aliphatic hydroxyl groups is 6. The summed E-state index contributed by atoms with van der Waals surface area (Å²) in [6.45, 7) is -0.527. The van der Waals surface area contributed by atoms with Gasteiger partial charge in [0.15, 0.2) is 28.7 Å². The second-order valence-corrected chi connectivity index (χ2v) is 22.8. The van der Waals surface area contributed by atoms with Crippen LogP contribution < -0.4 is 36.7 Å². The molecule has 0 unspecified atom stereocenters. The van der Waals surface area contributed by atoms with Crippen LogP contribution in [-0.4, -0.2) is 174 Å². The van der Waals surface area contributed by atoms with Crippen molar-refractivity contribution in [3.63, 3.8) is 0 Å². The number of hydrogen-bond acceptors (Lipinski definition) is 20. The van der Waals surface area contributed by atoms with Gasteiger partial charge in [-0.2, -0.15) is 4.73 Å². The van der Waals surface area contributed by atoms with Gasteiger partial charge in [0.25, 0.3) is 0 Å². The smallest absolute Gasteiger partial charge is 0.337 e. The Balaban J connectivity index is 1.21. The minimum atomic E-state index is -3.51. The number of H-pyrrole nitrogens is 1. The number of guanidine groups is 1. The summed E-state index contributed by atoms with van der Waals surface area (Å²) in [5.41, 5.74) is -0.392. The van der Waals surface area contributed by atoms with Crippen LogP contribution in [-0.2, 0) is 28.7 Å². The van der Waals surface area contributed by atoms with E-state index in [1.807, 2.05) is 32.0 Å². The van der Waals surface area contributed by atoms with E-state index < -0.39 is 103 Å². The molecule has 3 aromatic carbocycles. The van der Waals surface area contributed by atoms with Crippen molar-refractivity contribution >= 4 is 52.3 Å². The molecule has 0 amide bonds. The molecule has 9 rings (SSSR count). The van der Waals surface area contributed by atoms with Gasteiger partial charge in [-0.1, -0.05) is 55.0 Å². The molecule has 2 aliphatic carbocycles. The zero-order valence-electron chi connectivity index (χ0n) is 47.7. The Morgan fingerprint density at radius 2 is 1.70 bits per heavy atom. The van der Waals surface area contributed by atoms with Gasteiger partial charge in [-0.3, -0.25) is 10.1 Å². The molecule has 4 heterocycles. The number of phenolic OH excluding ortho intramolecular Hbond substituents is 1. The number of nitrogens with one attached hydrogen (secondary N) is 4. The largest absolute Gasteiger partial charge is 0.508 e. The summed E-state index contributed by atoms with van der Waals surface area (Å²) in [5, 5.41) is 103. The van der Waals surface area contributed by atoms with Crippen molar-refractivity contribution in [1.29, 1.82) is 0 Å². The van der Waals surface area contributed by atoms with E-state index in [-0.39, 0.29) is 65.4 Å². The molecule has 14 N–H and O–H groups in total. The first kappa shape index (κ1) is 62.8. The molecule has 25 heteroatoms. The molecule has 0 bridgehead atoms. The lowest BCUT2D eigenvalue weighted by Gasteiger charge is -2.59. The molecule has 86 heavy (non-hydrogen) atoms. The summed E-state index contributed by atoms with van der Waals surface area (Å²) in [6, 6.07) is 13.5. The molecular formula is C61H75N7O18. The number of ether oxygens (including phenoxy) is 3. The van der Waals surface area contributed by atoms with E-state index in [1.54, 1.807) is 12.3 Å². The van der Waals surface area contributed by atoms with E-state index >= 15 is 0 Å². The van der Waals surface area contributed by atoms with Crippen molar-refractivity contribution in [2.24, 2.45) is 16.1 Å². The van der Waals surface area contributed by atoms with Gasteiger partial charge in [0.1, 0.15) is 54.3 Å². The van der Waals surface area contributed by atoms with Crippen molar-refractivity contribution in [2.75, 3.05) is 32.9 Å². The third-order valence-corrected chi connectivity index (χ3v) is 17.0. The topological polar surface area (TPSA) is 392 Å². The summed E-state index contributed by atoms with van der Waals surface area (Å²) in [5.74, 6) is -4.61. The van der Waals surface area contributed by atoms with E-state index in [0.717, 1.165) is 62.5 Å². The number of fused-ring (bicyclic) bond motifs is 2. The summed E-state index contributed by atoms with van der Waals surface area (Å²) in [4.78, 5) is 80.0. The van der Waals surface area contributed by atoms with Crippen LogP contribution in [0.2, 0.25) is 0 Å². The number of benzene rings is 3. The van der Waals surface area contributed by atoms with Gasteiger partial charge in [-0.25, -0.2) is 14.6 Å². The maximum atomic E-state index is 14.5. The number of aliphatic carboxylic acids is 1. The predicted octanol–water partition coefficient (Wildman–Crippen LogP) is 2.35. The standard InChI is InChI=1S/C61H75N7O18/c1-35-25-36(2)27-39(26-35)50-48-38(17-22-64-48)30-68(50)86-52-55(83-42-15-16-43-45(28-42)82-32-44(51(43)76)37-11-13-41(74)14-12-37)84-56(59(80,33-72)61(52,81)47(75)10-7-23-69)60(34-73,85-54(79)49(53(77)78)63-21-8-24-70)67-57(62)66-40(31-71)29-65-46-9-3-4-18-58(46)19-5-6-20-58/h11-17,22,24-28,30-32,40,46-47,49,52,55-56,63-65,69,72-75,80-81H,3-10,18-21,23,29,33-34H2,1-2H3,(H,77,78)(H3,62,66,67)/t40-,46-,47+,49+,52+,55-,56+,59-,60+,61-/m0/s1. The third kappa shape index (κ3) is 12.5. The van der Waals surface area contributed by atoms with Crippen LogP contribution in [0, 0.1) is 19.3 Å². The molecular weight excluding hydrogens is 1120 g/mol. The molecule has 1 aliphatic heterocycles. The highest BCUT2D eigenvalue weighted by Gasteiger charge is 2.75. The van der Waals surface area contributed by atoms with Gasteiger partial charge < -0.3 is 95.3 Å². The molecule has 10 atom stereocenters. The number of hydrogen-bond donors (Lipinski definition) is 13. The molecule has 1 spiro atoms. The van der Waals surface area contributed by atoms with Crippen LogP contribution in [0.3, 0.4) is 0 Å². The molecule has 25 nitrogen and oxygen atoms in total. The Morgan fingerprint density at radius 3 is 2.36 bits per heavy atom. The van der Waals surface area contributed by atoms with E-state index in [1.165, 1.54) is 59.7 Å². The van der Waals surface area contributed by atoms with Gasteiger partial charge in [-0.15, -0.1) is 0 Å². The number of carboxylic acids is 1. The van der Waals surface area contributed by atoms with Gasteiger partial charge in [0.05, 0.1) is 35.4 Å².